The van der Waals surface area contributed by atoms with E-state index in [9.17, 15) is 0 Å². The molecule has 2 aromatic rings. The van der Waals surface area contributed by atoms with Crippen molar-refractivity contribution < 1.29 is 4.74 Å². The Labute approximate surface area is 220 Å². The van der Waals surface area contributed by atoms with Crippen molar-refractivity contribution in [3.05, 3.63) is 69.8 Å². The molecule has 1 fully saturated rings. The van der Waals surface area contributed by atoms with Gasteiger partial charge in [0.05, 0.1) is 6.61 Å². The largest absolute Gasteiger partial charge is 0.383 e. The molecule has 3 aliphatic rings. The molecule has 0 aromatic heterocycles. The first kappa shape index (κ1) is 25.9. The van der Waals surface area contributed by atoms with E-state index in [0.29, 0.717) is 11.3 Å². The topological polar surface area (TPSA) is 15.7 Å². The SMILES string of the molecule is COCCN1Cc2cc(C(C)C)ccc2C(C)(CCC(C)(C)c2ccc3c(c2)CN(C)CC32CC2)C1. The van der Waals surface area contributed by atoms with Crippen LogP contribution in [0.25, 0.3) is 0 Å². The summed E-state index contributed by atoms with van der Waals surface area (Å²) in [4.78, 5) is 5.15. The molecule has 1 aliphatic carbocycles. The Morgan fingerprint density at radius 2 is 1.69 bits per heavy atom. The average Bonchev–Trinajstić information content (AvgIpc) is 3.60. The molecule has 36 heavy (non-hydrogen) atoms. The third-order valence-electron chi connectivity index (χ3n) is 9.65. The van der Waals surface area contributed by atoms with Crippen LogP contribution in [0.2, 0.25) is 0 Å². The Bertz CT molecular complexity index is 1100. The fourth-order valence-corrected chi connectivity index (χ4v) is 7.08. The van der Waals surface area contributed by atoms with Crippen LogP contribution in [-0.4, -0.2) is 50.2 Å². The van der Waals surface area contributed by atoms with E-state index in [4.69, 9.17) is 4.74 Å². The van der Waals surface area contributed by atoms with Crippen molar-refractivity contribution in [2.45, 2.75) is 95.6 Å². The van der Waals surface area contributed by atoms with Gasteiger partial charge in [0.2, 0.25) is 0 Å². The van der Waals surface area contributed by atoms with E-state index < -0.39 is 0 Å². The zero-order valence-electron chi connectivity index (χ0n) is 23.9. The van der Waals surface area contributed by atoms with Gasteiger partial charge >= 0.3 is 0 Å². The number of rotatable bonds is 8. The second kappa shape index (κ2) is 9.57. The van der Waals surface area contributed by atoms with Gasteiger partial charge in [-0.2, -0.15) is 0 Å². The highest BCUT2D eigenvalue weighted by Crippen LogP contribution is 2.52. The molecule has 1 unspecified atom stereocenters. The molecule has 1 spiro atoms. The second-order valence-electron chi connectivity index (χ2n) is 13.5. The van der Waals surface area contributed by atoms with E-state index in [0.717, 1.165) is 32.8 Å². The van der Waals surface area contributed by atoms with Crippen LogP contribution in [-0.2, 0) is 34.1 Å². The number of hydrogen-bond donors (Lipinski definition) is 0. The molecule has 5 rings (SSSR count). The molecule has 0 radical (unpaired) electrons. The number of hydrogen-bond acceptors (Lipinski definition) is 3. The predicted molar refractivity (Wildman–Crippen MR) is 151 cm³/mol. The summed E-state index contributed by atoms with van der Waals surface area (Å²) in [5.41, 5.74) is 10.0. The third kappa shape index (κ3) is 4.91. The summed E-state index contributed by atoms with van der Waals surface area (Å²) in [5.74, 6) is 0.563. The van der Waals surface area contributed by atoms with E-state index in [1.807, 2.05) is 7.11 Å². The van der Waals surface area contributed by atoms with Crippen molar-refractivity contribution >= 4 is 0 Å². The van der Waals surface area contributed by atoms with Gasteiger partial charge in [-0.3, -0.25) is 4.90 Å². The Kier molecular flexibility index (Phi) is 6.89. The van der Waals surface area contributed by atoms with Crippen molar-refractivity contribution in [2.24, 2.45) is 0 Å². The van der Waals surface area contributed by atoms with Crippen molar-refractivity contribution in [3.63, 3.8) is 0 Å². The fourth-order valence-electron chi connectivity index (χ4n) is 7.08. The summed E-state index contributed by atoms with van der Waals surface area (Å²) in [6, 6.07) is 14.8. The molecule has 2 aliphatic heterocycles. The highest BCUT2D eigenvalue weighted by molar-refractivity contribution is 5.45. The molecular weight excluding hydrogens is 440 g/mol. The van der Waals surface area contributed by atoms with Crippen LogP contribution < -0.4 is 0 Å². The molecule has 3 heteroatoms. The van der Waals surface area contributed by atoms with Gasteiger partial charge in [-0.05, 0) is 77.4 Å². The highest BCUT2D eigenvalue weighted by Gasteiger charge is 2.48. The Morgan fingerprint density at radius 1 is 0.972 bits per heavy atom. The lowest BCUT2D eigenvalue weighted by Crippen LogP contribution is -2.45. The maximum absolute atomic E-state index is 5.46. The van der Waals surface area contributed by atoms with Crippen LogP contribution in [0.3, 0.4) is 0 Å². The molecule has 0 bridgehead atoms. The maximum atomic E-state index is 5.46. The van der Waals surface area contributed by atoms with Crippen LogP contribution >= 0.6 is 0 Å². The molecular formula is C33H48N2O. The summed E-state index contributed by atoms with van der Waals surface area (Å²) < 4.78 is 5.46. The fraction of sp³-hybridized carbons (Fsp3) is 0.636. The van der Waals surface area contributed by atoms with Gasteiger partial charge in [-0.15, -0.1) is 0 Å². The van der Waals surface area contributed by atoms with Crippen LogP contribution in [0.4, 0.5) is 0 Å². The average molecular weight is 489 g/mol. The van der Waals surface area contributed by atoms with Crippen molar-refractivity contribution in [1.29, 1.82) is 0 Å². The van der Waals surface area contributed by atoms with Gasteiger partial charge in [-0.25, -0.2) is 0 Å². The van der Waals surface area contributed by atoms with Gasteiger partial charge in [0, 0.05) is 50.7 Å². The zero-order chi connectivity index (χ0) is 25.7. The number of nitrogens with zero attached hydrogens (tertiary/aromatic N) is 2. The monoisotopic (exact) mass is 488 g/mol. The summed E-state index contributed by atoms with van der Waals surface area (Å²) in [5, 5.41) is 0. The molecule has 0 amide bonds. The van der Waals surface area contributed by atoms with Gasteiger partial charge in [0.1, 0.15) is 0 Å². The summed E-state index contributed by atoms with van der Waals surface area (Å²) >= 11 is 0. The highest BCUT2D eigenvalue weighted by atomic mass is 16.5. The van der Waals surface area contributed by atoms with Crippen LogP contribution in [0.1, 0.15) is 99.6 Å². The van der Waals surface area contributed by atoms with Crippen LogP contribution in [0.15, 0.2) is 36.4 Å². The second-order valence-corrected chi connectivity index (χ2v) is 13.5. The number of benzene rings is 2. The minimum atomic E-state index is 0.150. The summed E-state index contributed by atoms with van der Waals surface area (Å²) in [7, 11) is 4.11. The molecule has 0 N–H and O–H groups in total. The number of ether oxygens (including phenoxy) is 1. The van der Waals surface area contributed by atoms with Gasteiger partial charge < -0.3 is 9.64 Å². The smallest absolute Gasteiger partial charge is 0.0589 e. The number of likely N-dealkylation sites (N-methyl/N-ethyl adjacent to an activating group) is 1. The first-order valence-electron chi connectivity index (χ1n) is 14.2. The number of fused-ring (bicyclic) bond motifs is 3. The minimum Gasteiger partial charge on any atom is -0.383 e. The molecule has 1 atom stereocenters. The van der Waals surface area contributed by atoms with Gasteiger partial charge in [0.15, 0.2) is 0 Å². The van der Waals surface area contributed by atoms with E-state index in [-0.39, 0.29) is 10.8 Å². The van der Waals surface area contributed by atoms with Crippen LogP contribution in [0.5, 0.6) is 0 Å². The Balaban J connectivity index is 1.39. The zero-order valence-corrected chi connectivity index (χ0v) is 23.9. The minimum absolute atomic E-state index is 0.150. The molecule has 2 heterocycles. The molecule has 2 aromatic carbocycles. The van der Waals surface area contributed by atoms with Crippen molar-refractivity contribution in [2.75, 3.05) is 40.4 Å². The van der Waals surface area contributed by atoms with E-state index >= 15 is 0 Å². The van der Waals surface area contributed by atoms with Gasteiger partial charge in [0.25, 0.3) is 0 Å². The maximum Gasteiger partial charge on any atom is 0.0589 e. The normalized spacial score (nSPS) is 23.7. The Hall–Kier alpha value is -1.68. The van der Waals surface area contributed by atoms with E-state index in [2.05, 4.69) is 87.9 Å². The molecule has 3 nitrogen and oxygen atoms in total. The van der Waals surface area contributed by atoms with Gasteiger partial charge in [-0.1, -0.05) is 71.0 Å². The lowest BCUT2D eigenvalue weighted by Gasteiger charge is -2.44. The van der Waals surface area contributed by atoms with Crippen molar-refractivity contribution in [3.8, 4) is 0 Å². The molecule has 1 saturated carbocycles. The predicted octanol–water partition coefficient (Wildman–Crippen LogP) is 6.76. The first-order chi connectivity index (χ1) is 17.1. The third-order valence-corrected chi connectivity index (χ3v) is 9.65. The van der Waals surface area contributed by atoms with E-state index in [1.165, 1.54) is 48.9 Å². The number of methoxy groups -OCH3 is 1. The quantitative estimate of drug-likeness (QED) is 0.408. The standard InChI is InChI=1S/C33H48N2O/c1-24(2)25-8-10-29-26(18-25)21-35(16-17-36-7)22-32(29,5)13-12-31(3,4)28-9-11-30-27(19-28)20-34(6)23-33(30)14-15-33/h8-11,18-19,24H,12-17,20-23H2,1-7H3. The molecule has 0 saturated heterocycles. The summed E-state index contributed by atoms with van der Waals surface area (Å²) in [6.45, 7) is 18.3. The first-order valence-corrected chi connectivity index (χ1v) is 14.2. The van der Waals surface area contributed by atoms with Crippen LogP contribution in [0, 0.1) is 0 Å². The van der Waals surface area contributed by atoms with E-state index in [1.54, 1.807) is 16.7 Å². The Morgan fingerprint density at radius 3 is 2.39 bits per heavy atom. The molecule has 196 valence electrons. The lowest BCUT2D eigenvalue weighted by atomic mass is 9.68. The summed E-state index contributed by atoms with van der Waals surface area (Å²) in [6.07, 6.45) is 5.11. The lowest BCUT2D eigenvalue weighted by molar-refractivity contribution is 0.113. The van der Waals surface area contributed by atoms with Crippen molar-refractivity contribution in [1.82, 2.24) is 9.80 Å².